The number of amidine groups is 1. The number of ether oxygens (including phenoxy) is 2. The van der Waals surface area contributed by atoms with Crippen molar-refractivity contribution in [1.82, 2.24) is 9.99 Å². The fraction of sp³-hybridized carbons (Fsp3) is 0.667. The summed E-state index contributed by atoms with van der Waals surface area (Å²) in [5.74, 6) is -0.366. The highest BCUT2D eigenvalue weighted by Gasteiger charge is 2.82. The molecular weight excluding hydrogens is 763 g/mol. The molecule has 7 atom stereocenters. The number of nitriles is 1. The van der Waals surface area contributed by atoms with Gasteiger partial charge in [0.25, 0.3) is 5.91 Å². The van der Waals surface area contributed by atoms with Crippen LogP contribution in [0, 0.1) is 11.3 Å². The number of nitrogens with one attached hydrogen (secondary N) is 1. The third-order valence-corrected chi connectivity index (χ3v) is 12.1. The molecule has 1 aliphatic carbocycles. The van der Waals surface area contributed by atoms with Crippen LogP contribution in [0.25, 0.3) is 0 Å². The van der Waals surface area contributed by atoms with Gasteiger partial charge in [0.1, 0.15) is 35.4 Å². The summed E-state index contributed by atoms with van der Waals surface area (Å²) in [6.07, 6.45) is 15.9. The van der Waals surface area contributed by atoms with E-state index in [1.165, 1.54) is 108 Å². The van der Waals surface area contributed by atoms with Gasteiger partial charge in [-0.05, 0) is 43.7 Å². The van der Waals surface area contributed by atoms with Crippen LogP contribution in [0.15, 0.2) is 46.5 Å². The summed E-state index contributed by atoms with van der Waals surface area (Å²) >= 11 is 0. The Balaban J connectivity index is 1.21. The normalized spacial score (nSPS) is 24.2. The predicted molar refractivity (Wildman–Crippen MR) is 223 cm³/mol. The maximum Gasteiger partial charge on any atom is 0.472 e. The van der Waals surface area contributed by atoms with Gasteiger partial charge in [0.05, 0.1) is 36.6 Å². The number of rotatable bonds is 29. The first-order valence-electron chi connectivity index (χ1n) is 20.9. The molecule has 4 rings (SSSR count). The van der Waals surface area contributed by atoms with Crippen molar-refractivity contribution >= 4 is 26.3 Å². The molecule has 15 nitrogen and oxygen atoms in total. The molecule has 6 N–H and O–H groups in total. The fourth-order valence-electron chi connectivity index (χ4n) is 7.64. The SMILES string of the molecule is C=Nn1c(C(N)=NC)ccc1[C@]1(C)O[C@@H]2C(OP(=O)(O)OC[C@@H](COCCCCCCCCCCCCCCCCCC)NC(=O)c3cccc(C#N)c3)[C@]2(O)[C@H]1O. The standard InChI is InChI=1S/C42H65N6O9P/c1-5-6-7-8-9-10-11-12-13-14-15-16-17-18-19-20-26-54-29-33(47-39(49)32-23-21-22-31(27-32)28-43)30-55-58(52,53)57-37-36-42(37,51)40(50)41(2,56-36)35-25-24-34(38(44)45-3)48(35)46-4/h21-25,27,33,36-37,40,50-51H,4-20,26,29-30H2,1-3H3,(H2,44,45)(H,47,49)(H,52,53)/t33-,36-,37?,40+,41+,42+/m1/s1. The molecule has 1 saturated heterocycles. The van der Waals surface area contributed by atoms with Gasteiger partial charge in [-0.1, -0.05) is 109 Å². The molecule has 1 amide bonds. The number of hydrogen-bond donors (Lipinski definition) is 5. The number of aliphatic imine (C=N–C) groups is 1. The van der Waals surface area contributed by atoms with E-state index in [4.69, 9.17) is 24.3 Å². The number of benzene rings is 1. The molecule has 2 aliphatic rings. The van der Waals surface area contributed by atoms with E-state index < -0.39 is 55.9 Å². The van der Waals surface area contributed by atoms with Gasteiger partial charge in [-0.25, -0.2) is 9.24 Å². The minimum atomic E-state index is -4.88. The Morgan fingerprint density at radius 1 is 1.03 bits per heavy atom. The minimum absolute atomic E-state index is 0.0230. The van der Waals surface area contributed by atoms with Gasteiger partial charge >= 0.3 is 7.82 Å². The zero-order valence-corrected chi connectivity index (χ0v) is 35.4. The summed E-state index contributed by atoms with van der Waals surface area (Å²) in [6.45, 7) is 7.28. The molecule has 322 valence electrons. The van der Waals surface area contributed by atoms with Crippen molar-refractivity contribution in [3.05, 3.63) is 58.9 Å². The third kappa shape index (κ3) is 12.5. The lowest BCUT2D eigenvalue weighted by atomic mass is 9.91. The van der Waals surface area contributed by atoms with E-state index in [2.05, 4.69) is 29.1 Å². The first kappa shape index (κ1) is 47.2. The van der Waals surface area contributed by atoms with E-state index in [9.17, 15) is 29.7 Å². The van der Waals surface area contributed by atoms with Crippen LogP contribution in [-0.2, 0) is 28.7 Å². The molecule has 2 heterocycles. The first-order valence-corrected chi connectivity index (χ1v) is 22.4. The summed E-state index contributed by atoms with van der Waals surface area (Å²) < 4.78 is 37.1. The molecule has 0 radical (unpaired) electrons. The average molecular weight is 829 g/mol. The molecule has 1 aliphatic heterocycles. The van der Waals surface area contributed by atoms with Crippen molar-refractivity contribution in [2.75, 3.05) is 26.9 Å². The Morgan fingerprint density at radius 2 is 1.64 bits per heavy atom. The Hall–Kier alpha value is -3.45. The van der Waals surface area contributed by atoms with Crippen LogP contribution in [0.2, 0.25) is 0 Å². The van der Waals surface area contributed by atoms with E-state index in [1.54, 1.807) is 30.3 Å². The second-order valence-corrected chi connectivity index (χ2v) is 17.0. The first-order chi connectivity index (χ1) is 27.9. The predicted octanol–water partition coefficient (Wildman–Crippen LogP) is 6.46. The average Bonchev–Trinajstić information content (AvgIpc) is 3.46. The van der Waals surface area contributed by atoms with Crippen molar-refractivity contribution in [2.45, 2.75) is 152 Å². The fourth-order valence-corrected chi connectivity index (χ4v) is 8.64. The largest absolute Gasteiger partial charge is 0.472 e. The molecule has 2 fully saturated rings. The number of unbranched alkanes of at least 4 members (excludes halogenated alkanes) is 15. The maximum absolute atomic E-state index is 13.2. The van der Waals surface area contributed by atoms with Crippen molar-refractivity contribution in [1.29, 1.82) is 5.26 Å². The van der Waals surface area contributed by atoms with Crippen LogP contribution in [-0.4, -0.2) is 95.1 Å². The molecule has 2 aromatic rings. The highest BCUT2D eigenvalue weighted by Crippen LogP contribution is 2.63. The second-order valence-electron chi connectivity index (χ2n) is 15.6. The number of aliphatic hydroxyl groups is 2. The van der Waals surface area contributed by atoms with Crippen LogP contribution in [0.4, 0.5) is 0 Å². The van der Waals surface area contributed by atoms with Crippen molar-refractivity contribution < 1.29 is 43.0 Å². The molecule has 1 aromatic carbocycles. The molecule has 58 heavy (non-hydrogen) atoms. The Labute approximate surface area is 343 Å². The van der Waals surface area contributed by atoms with Gasteiger partial charge in [-0.15, -0.1) is 0 Å². The number of amides is 1. The van der Waals surface area contributed by atoms with Gasteiger partial charge in [-0.2, -0.15) is 10.4 Å². The van der Waals surface area contributed by atoms with Gasteiger partial charge in [0, 0.05) is 25.9 Å². The van der Waals surface area contributed by atoms with E-state index >= 15 is 0 Å². The molecule has 0 bridgehead atoms. The zero-order valence-electron chi connectivity index (χ0n) is 34.5. The number of phosphoric ester groups is 1. The monoisotopic (exact) mass is 828 g/mol. The Bertz CT molecular complexity index is 1750. The number of fused-ring (bicyclic) bond motifs is 1. The number of nitrogens with two attached hydrogens (primary N) is 1. The molecule has 16 heteroatoms. The second kappa shape index (κ2) is 22.8. The van der Waals surface area contributed by atoms with E-state index in [0.717, 1.165) is 19.3 Å². The third-order valence-electron chi connectivity index (χ3n) is 11.2. The highest BCUT2D eigenvalue weighted by atomic mass is 31.2. The number of aliphatic hydroxyl groups excluding tert-OH is 1. The molecule has 0 spiro atoms. The highest BCUT2D eigenvalue weighted by molar-refractivity contribution is 7.47. The van der Waals surface area contributed by atoms with E-state index in [-0.39, 0.29) is 18.0 Å². The number of carbonyl (C=O) groups is 1. The lowest BCUT2D eigenvalue weighted by molar-refractivity contribution is -0.127. The maximum atomic E-state index is 13.2. The number of aromatic nitrogens is 1. The summed E-state index contributed by atoms with van der Waals surface area (Å²) in [6, 6.07) is 10.5. The number of carbonyl (C=O) groups excluding carboxylic acids is 1. The summed E-state index contributed by atoms with van der Waals surface area (Å²) in [5.41, 5.74) is 3.65. The number of nitrogens with zero attached hydrogens (tertiary/aromatic N) is 4. The minimum Gasteiger partial charge on any atom is -0.386 e. The zero-order chi connectivity index (χ0) is 42.2. The lowest BCUT2D eigenvalue weighted by Crippen LogP contribution is -2.46. The molecular formula is C42H65N6O9P. The number of hydrogen-bond acceptors (Lipinski definition) is 11. The quantitative estimate of drug-likeness (QED) is 0.0259. The van der Waals surface area contributed by atoms with Gasteiger partial charge in [0.2, 0.25) is 0 Å². The van der Waals surface area contributed by atoms with Gasteiger partial charge < -0.3 is 35.6 Å². The van der Waals surface area contributed by atoms with Crippen molar-refractivity contribution in [2.24, 2.45) is 15.8 Å². The van der Waals surface area contributed by atoms with Crippen molar-refractivity contribution in [3.63, 3.8) is 0 Å². The summed E-state index contributed by atoms with van der Waals surface area (Å²) in [4.78, 5) is 27.8. The smallest absolute Gasteiger partial charge is 0.386 e. The van der Waals surface area contributed by atoms with Gasteiger partial charge in [-0.3, -0.25) is 18.8 Å². The Morgan fingerprint density at radius 3 is 2.17 bits per heavy atom. The van der Waals surface area contributed by atoms with Crippen LogP contribution in [0.3, 0.4) is 0 Å². The van der Waals surface area contributed by atoms with Gasteiger partial charge in [0.15, 0.2) is 5.60 Å². The summed E-state index contributed by atoms with van der Waals surface area (Å²) in [5, 5.41) is 38.7. The van der Waals surface area contributed by atoms with Crippen LogP contribution in [0.5, 0.6) is 0 Å². The topological polar surface area (TPSA) is 223 Å². The molecule has 1 aromatic heterocycles. The van der Waals surface area contributed by atoms with Crippen LogP contribution < -0.4 is 11.1 Å². The molecule has 2 unspecified atom stereocenters. The van der Waals surface area contributed by atoms with Crippen LogP contribution in [0.1, 0.15) is 144 Å². The lowest BCUT2D eigenvalue weighted by Gasteiger charge is -2.33. The Kier molecular flexibility index (Phi) is 18.6. The summed E-state index contributed by atoms with van der Waals surface area (Å²) in [7, 11) is -3.37. The van der Waals surface area contributed by atoms with Crippen molar-refractivity contribution in [3.8, 4) is 6.07 Å². The number of phosphoric acid groups is 1. The van der Waals surface area contributed by atoms with Crippen LogP contribution >= 0.6 is 7.82 Å². The van der Waals surface area contributed by atoms with E-state index in [1.807, 2.05) is 6.07 Å². The molecule has 1 saturated carbocycles. The van der Waals surface area contributed by atoms with E-state index in [0.29, 0.717) is 23.6 Å².